The summed E-state index contributed by atoms with van der Waals surface area (Å²) >= 11 is 0. The first-order valence-corrected chi connectivity index (χ1v) is 11.2. The molecule has 1 N–H and O–H groups in total. The van der Waals surface area contributed by atoms with E-state index < -0.39 is 58.1 Å². The number of epoxide rings is 1. The van der Waals surface area contributed by atoms with Crippen molar-refractivity contribution >= 4 is 11.9 Å². The number of ether oxygens (including phenoxy) is 5. The average Bonchev–Trinajstić information content (AvgIpc) is 3.40. The lowest BCUT2D eigenvalue weighted by Crippen LogP contribution is -2.66. The summed E-state index contributed by atoms with van der Waals surface area (Å²) in [5.74, 6) is -0.553. The molecular weight excluding hydrogens is 416 g/mol. The summed E-state index contributed by atoms with van der Waals surface area (Å²) in [7, 11) is 0. The third kappa shape index (κ3) is 1.72. The van der Waals surface area contributed by atoms with E-state index in [4.69, 9.17) is 23.7 Å². The number of carbonyl (C=O) groups is 2. The van der Waals surface area contributed by atoms with Gasteiger partial charge in [0.1, 0.15) is 34.6 Å². The number of fused-ring (bicyclic) bond motifs is 3. The van der Waals surface area contributed by atoms with Crippen LogP contribution in [0.2, 0.25) is 0 Å². The number of carbonyl (C=O) groups excluding carboxylic acids is 2. The SMILES string of the molecule is CC1OC2OC(=O)C3(C)CC4C5(CO5)C5=CC(=O)OC(C)(C)C5=CC5OC1=C(C54C)C23O. The summed E-state index contributed by atoms with van der Waals surface area (Å²) < 4.78 is 30.0. The normalized spacial score (nSPS) is 53.4. The first-order chi connectivity index (χ1) is 14.9. The van der Waals surface area contributed by atoms with Crippen molar-refractivity contribution in [2.24, 2.45) is 16.7 Å². The van der Waals surface area contributed by atoms with Crippen LogP contribution < -0.4 is 0 Å². The van der Waals surface area contributed by atoms with Gasteiger partial charge in [-0.3, -0.25) is 4.79 Å². The average molecular weight is 442 g/mol. The minimum atomic E-state index is -1.63. The summed E-state index contributed by atoms with van der Waals surface area (Å²) in [4.78, 5) is 25.7. The molecule has 0 aromatic heterocycles. The Morgan fingerprint density at radius 2 is 1.81 bits per heavy atom. The fraction of sp³-hybridized carbons (Fsp3) is 0.667. The first kappa shape index (κ1) is 19.3. The fourth-order valence-corrected chi connectivity index (χ4v) is 7.48. The molecule has 3 fully saturated rings. The molecule has 0 aromatic rings. The van der Waals surface area contributed by atoms with Gasteiger partial charge in [-0.15, -0.1) is 0 Å². The Labute approximate surface area is 185 Å². The van der Waals surface area contributed by atoms with Crippen molar-refractivity contribution in [1.29, 1.82) is 0 Å². The second-order valence-electron chi connectivity index (χ2n) is 11.2. The lowest BCUT2D eigenvalue weighted by atomic mass is 9.46. The molecule has 2 aliphatic carbocycles. The lowest BCUT2D eigenvalue weighted by Gasteiger charge is -2.56. The molecule has 1 spiro atoms. The van der Waals surface area contributed by atoms with Crippen molar-refractivity contribution in [1.82, 2.24) is 0 Å². The van der Waals surface area contributed by atoms with Crippen LogP contribution in [0.25, 0.3) is 0 Å². The second-order valence-corrected chi connectivity index (χ2v) is 11.2. The molecule has 7 rings (SSSR count). The second kappa shape index (κ2) is 5.00. The van der Waals surface area contributed by atoms with Gasteiger partial charge in [-0.25, -0.2) is 4.79 Å². The van der Waals surface area contributed by atoms with Crippen LogP contribution in [-0.2, 0) is 33.3 Å². The Morgan fingerprint density at radius 3 is 2.50 bits per heavy atom. The Hall–Kier alpha value is -2.16. The van der Waals surface area contributed by atoms with Gasteiger partial charge in [-0.05, 0) is 40.2 Å². The van der Waals surface area contributed by atoms with E-state index in [1.54, 1.807) is 6.92 Å². The molecule has 0 radical (unpaired) electrons. The third-order valence-electron chi connectivity index (χ3n) is 9.24. The van der Waals surface area contributed by atoms with Gasteiger partial charge < -0.3 is 28.8 Å². The molecule has 32 heavy (non-hydrogen) atoms. The van der Waals surface area contributed by atoms with Crippen LogP contribution in [-0.4, -0.2) is 59.0 Å². The monoisotopic (exact) mass is 442 g/mol. The number of hydrogen-bond acceptors (Lipinski definition) is 8. The maximum Gasteiger partial charge on any atom is 0.332 e. The van der Waals surface area contributed by atoms with Gasteiger partial charge in [0, 0.05) is 34.1 Å². The number of aliphatic hydroxyl groups is 1. The highest BCUT2D eigenvalue weighted by Gasteiger charge is 2.83. The number of hydrogen-bond donors (Lipinski definition) is 1. The predicted octanol–water partition coefficient (Wildman–Crippen LogP) is 1.68. The van der Waals surface area contributed by atoms with Gasteiger partial charge in [-0.2, -0.15) is 0 Å². The minimum absolute atomic E-state index is 0.226. The van der Waals surface area contributed by atoms with E-state index >= 15 is 0 Å². The summed E-state index contributed by atoms with van der Waals surface area (Å²) in [5, 5.41) is 12.2. The Bertz CT molecular complexity index is 1120. The van der Waals surface area contributed by atoms with Crippen LogP contribution in [0.5, 0.6) is 0 Å². The molecule has 5 aliphatic heterocycles. The van der Waals surface area contributed by atoms with Crippen LogP contribution >= 0.6 is 0 Å². The summed E-state index contributed by atoms with van der Waals surface area (Å²) in [6.45, 7) is 9.82. The quantitative estimate of drug-likeness (QED) is 0.446. The maximum atomic E-state index is 13.2. The van der Waals surface area contributed by atoms with Crippen molar-refractivity contribution in [3.63, 3.8) is 0 Å². The highest BCUT2D eigenvalue weighted by Crippen LogP contribution is 2.74. The van der Waals surface area contributed by atoms with Crippen LogP contribution in [0.3, 0.4) is 0 Å². The van der Waals surface area contributed by atoms with Gasteiger partial charge in [0.2, 0.25) is 6.29 Å². The fourth-order valence-electron chi connectivity index (χ4n) is 7.48. The smallest absolute Gasteiger partial charge is 0.332 e. The summed E-state index contributed by atoms with van der Waals surface area (Å²) in [6, 6.07) is 0. The van der Waals surface area contributed by atoms with E-state index in [1.807, 2.05) is 26.8 Å². The van der Waals surface area contributed by atoms with E-state index in [1.165, 1.54) is 6.08 Å². The molecule has 0 bridgehead atoms. The molecule has 170 valence electrons. The molecule has 0 aromatic carbocycles. The van der Waals surface area contributed by atoms with E-state index in [0.717, 1.165) is 11.1 Å². The molecule has 7 aliphatic rings. The summed E-state index contributed by atoms with van der Waals surface area (Å²) in [6.07, 6.45) is 1.86. The van der Waals surface area contributed by atoms with Crippen LogP contribution in [0, 0.1) is 16.7 Å². The first-order valence-electron chi connectivity index (χ1n) is 11.2. The number of esters is 2. The van der Waals surface area contributed by atoms with Crippen molar-refractivity contribution in [2.45, 2.75) is 76.3 Å². The number of rotatable bonds is 0. The molecule has 8 atom stereocenters. The third-order valence-corrected chi connectivity index (χ3v) is 9.24. The van der Waals surface area contributed by atoms with Crippen molar-refractivity contribution in [3.8, 4) is 0 Å². The Balaban J connectivity index is 1.55. The molecule has 8 heteroatoms. The molecule has 2 saturated heterocycles. The van der Waals surface area contributed by atoms with Gasteiger partial charge in [0.05, 0.1) is 6.61 Å². The standard InChI is InChI=1S/C24H26O8/c1-10-16-17-22(5)13(8-21(4)18(26)31-19(29-10)24(17,21)27)23(9-28-23)12-7-15(25)32-20(2,3)11(12)6-14(22)30-16/h6-7,10,13-14,19,27H,8-9H2,1-5H3. The molecule has 8 nitrogen and oxygen atoms in total. The zero-order chi connectivity index (χ0) is 22.6. The Kier molecular flexibility index (Phi) is 3.02. The highest BCUT2D eigenvalue weighted by atomic mass is 16.7. The van der Waals surface area contributed by atoms with Crippen molar-refractivity contribution < 1.29 is 38.4 Å². The van der Waals surface area contributed by atoms with E-state index in [9.17, 15) is 14.7 Å². The largest absolute Gasteiger partial charge is 0.487 e. The van der Waals surface area contributed by atoms with Gasteiger partial charge in [0.15, 0.2) is 5.60 Å². The molecule has 1 saturated carbocycles. The lowest BCUT2D eigenvalue weighted by molar-refractivity contribution is -0.227. The van der Waals surface area contributed by atoms with Crippen LogP contribution in [0.15, 0.2) is 34.6 Å². The van der Waals surface area contributed by atoms with E-state index in [-0.39, 0.29) is 5.92 Å². The predicted molar refractivity (Wildman–Crippen MR) is 107 cm³/mol. The highest BCUT2D eigenvalue weighted by molar-refractivity contribution is 5.88. The van der Waals surface area contributed by atoms with Crippen LogP contribution in [0.1, 0.15) is 41.0 Å². The van der Waals surface area contributed by atoms with Gasteiger partial charge in [0.25, 0.3) is 0 Å². The minimum Gasteiger partial charge on any atom is -0.487 e. The maximum absolute atomic E-state index is 13.2. The molecule has 5 heterocycles. The number of cyclic esters (lactones) is 1. The molecule has 8 unspecified atom stereocenters. The van der Waals surface area contributed by atoms with Crippen molar-refractivity contribution in [3.05, 3.63) is 34.6 Å². The topological polar surface area (TPSA) is 104 Å². The van der Waals surface area contributed by atoms with Gasteiger partial charge in [-0.1, -0.05) is 6.92 Å². The van der Waals surface area contributed by atoms with E-state index in [2.05, 4.69) is 6.92 Å². The zero-order valence-corrected chi connectivity index (χ0v) is 18.7. The van der Waals surface area contributed by atoms with Crippen LogP contribution in [0.4, 0.5) is 0 Å². The van der Waals surface area contributed by atoms with E-state index in [0.29, 0.717) is 24.4 Å². The Morgan fingerprint density at radius 1 is 1.09 bits per heavy atom. The summed E-state index contributed by atoms with van der Waals surface area (Å²) in [5.41, 5.74) is -2.85. The zero-order valence-electron chi connectivity index (χ0n) is 18.7. The van der Waals surface area contributed by atoms with Crippen molar-refractivity contribution in [2.75, 3.05) is 6.61 Å². The molecule has 0 amide bonds. The van der Waals surface area contributed by atoms with Gasteiger partial charge >= 0.3 is 11.9 Å². The molecular formula is C24H26O8.